The molecule has 0 bridgehead atoms. The number of carbonyl (C=O) groups is 2. The first-order valence-corrected chi connectivity index (χ1v) is 6.70. The minimum Gasteiger partial charge on any atom is -0.481 e. The van der Waals surface area contributed by atoms with Crippen LogP contribution in [0.15, 0.2) is 18.2 Å². The quantitative estimate of drug-likeness (QED) is 0.899. The molecule has 1 heterocycles. The Morgan fingerprint density at radius 1 is 1.25 bits per heavy atom. The van der Waals surface area contributed by atoms with Gasteiger partial charge < -0.3 is 5.11 Å². The third-order valence-corrected chi connectivity index (χ3v) is 3.60. The smallest absolute Gasteiger partial charge is 0.310 e. The van der Waals surface area contributed by atoms with Crippen molar-refractivity contribution in [1.82, 2.24) is 10.2 Å². The summed E-state index contributed by atoms with van der Waals surface area (Å²) in [5.41, 5.74) is 2.67. The average Bonchev–Trinajstić information content (AvgIpc) is 2.79. The van der Waals surface area contributed by atoms with Crippen LogP contribution in [0.25, 0.3) is 0 Å². The molecule has 1 amide bonds. The molecule has 0 fully saturated rings. The summed E-state index contributed by atoms with van der Waals surface area (Å²) in [6.07, 6.45) is -0.197. The molecule has 6 nitrogen and oxygen atoms in total. The Labute approximate surface area is 119 Å². The van der Waals surface area contributed by atoms with Crippen LogP contribution in [0.3, 0.4) is 0 Å². The van der Waals surface area contributed by atoms with Gasteiger partial charge in [-0.1, -0.05) is 17.4 Å². The van der Waals surface area contributed by atoms with Gasteiger partial charge in [0.1, 0.15) is 5.01 Å². The van der Waals surface area contributed by atoms with Gasteiger partial charge in [-0.15, -0.1) is 10.2 Å². The largest absolute Gasteiger partial charge is 0.481 e. The van der Waals surface area contributed by atoms with Gasteiger partial charge in [-0.25, -0.2) is 0 Å². The summed E-state index contributed by atoms with van der Waals surface area (Å²) < 4.78 is 0. The number of carboxylic acid groups (broad SMARTS) is 1. The van der Waals surface area contributed by atoms with Gasteiger partial charge >= 0.3 is 5.97 Å². The molecule has 0 atom stereocenters. The molecule has 2 aromatic rings. The molecule has 1 aromatic carbocycles. The molecule has 2 rings (SSSR count). The van der Waals surface area contributed by atoms with Crippen LogP contribution in [0, 0.1) is 13.8 Å². The third-order valence-electron chi connectivity index (χ3n) is 2.76. The Morgan fingerprint density at radius 3 is 2.65 bits per heavy atom. The Balaban J connectivity index is 2.09. The molecule has 0 aliphatic heterocycles. The van der Waals surface area contributed by atoms with Crippen LogP contribution in [0.5, 0.6) is 0 Å². The SMILES string of the molecule is Cc1ccc(C(=O)Nc2nnc(CC(=O)O)s2)cc1C. The summed E-state index contributed by atoms with van der Waals surface area (Å²) in [4.78, 5) is 22.6. The molecule has 20 heavy (non-hydrogen) atoms. The van der Waals surface area contributed by atoms with Crippen molar-refractivity contribution in [2.24, 2.45) is 0 Å². The maximum absolute atomic E-state index is 12.0. The van der Waals surface area contributed by atoms with Gasteiger partial charge in [-0.2, -0.15) is 0 Å². The number of aromatic nitrogens is 2. The van der Waals surface area contributed by atoms with E-state index in [0.29, 0.717) is 15.7 Å². The molecule has 104 valence electrons. The molecule has 0 spiro atoms. The molecule has 0 aliphatic carbocycles. The minimum atomic E-state index is -0.979. The number of rotatable bonds is 4. The first-order chi connectivity index (χ1) is 9.45. The lowest BCUT2D eigenvalue weighted by Crippen LogP contribution is -2.12. The van der Waals surface area contributed by atoms with E-state index in [2.05, 4.69) is 15.5 Å². The fourth-order valence-electron chi connectivity index (χ4n) is 1.56. The molecule has 0 saturated carbocycles. The van der Waals surface area contributed by atoms with Crippen LogP contribution in [-0.2, 0) is 11.2 Å². The first kappa shape index (κ1) is 14.1. The second-order valence-electron chi connectivity index (χ2n) is 4.32. The van der Waals surface area contributed by atoms with Crippen molar-refractivity contribution in [2.45, 2.75) is 20.3 Å². The van der Waals surface area contributed by atoms with E-state index in [4.69, 9.17) is 5.11 Å². The van der Waals surface area contributed by atoms with Crippen LogP contribution in [0.4, 0.5) is 5.13 Å². The number of benzene rings is 1. The van der Waals surface area contributed by atoms with E-state index in [1.807, 2.05) is 19.9 Å². The van der Waals surface area contributed by atoms with Gasteiger partial charge in [0, 0.05) is 5.56 Å². The maximum Gasteiger partial charge on any atom is 0.310 e. The Kier molecular flexibility index (Phi) is 4.09. The fraction of sp³-hybridized carbons (Fsp3) is 0.231. The summed E-state index contributed by atoms with van der Waals surface area (Å²) in [5.74, 6) is -1.26. The number of nitrogens with zero attached hydrogens (tertiary/aromatic N) is 2. The second-order valence-corrected chi connectivity index (χ2v) is 5.39. The minimum absolute atomic E-state index is 0.197. The molecule has 2 N–H and O–H groups in total. The number of aryl methyl sites for hydroxylation is 2. The summed E-state index contributed by atoms with van der Waals surface area (Å²) >= 11 is 1.06. The predicted molar refractivity (Wildman–Crippen MR) is 75.1 cm³/mol. The monoisotopic (exact) mass is 291 g/mol. The summed E-state index contributed by atoms with van der Waals surface area (Å²) in [6, 6.07) is 5.40. The lowest BCUT2D eigenvalue weighted by atomic mass is 10.1. The van der Waals surface area contributed by atoms with Crippen molar-refractivity contribution < 1.29 is 14.7 Å². The lowest BCUT2D eigenvalue weighted by molar-refractivity contribution is -0.136. The number of hydrogen-bond donors (Lipinski definition) is 2. The topological polar surface area (TPSA) is 92.2 Å². The van der Waals surface area contributed by atoms with Crippen molar-refractivity contribution in [2.75, 3.05) is 5.32 Å². The van der Waals surface area contributed by atoms with E-state index in [1.54, 1.807) is 12.1 Å². The number of anilines is 1. The van der Waals surface area contributed by atoms with E-state index in [0.717, 1.165) is 22.5 Å². The second kappa shape index (κ2) is 5.79. The number of aliphatic carboxylic acids is 1. The van der Waals surface area contributed by atoms with E-state index in [9.17, 15) is 9.59 Å². The zero-order valence-electron chi connectivity index (χ0n) is 11.0. The Hall–Kier alpha value is -2.28. The van der Waals surface area contributed by atoms with Gasteiger partial charge in [-0.3, -0.25) is 14.9 Å². The molecule has 7 heteroatoms. The highest BCUT2D eigenvalue weighted by atomic mass is 32.1. The van der Waals surface area contributed by atoms with Crippen LogP contribution >= 0.6 is 11.3 Å². The molecule has 0 saturated heterocycles. The highest BCUT2D eigenvalue weighted by Gasteiger charge is 2.12. The van der Waals surface area contributed by atoms with Crippen molar-refractivity contribution in [3.05, 3.63) is 39.9 Å². The zero-order valence-corrected chi connectivity index (χ0v) is 11.8. The molecular formula is C13H13N3O3S. The third kappa shape index (κ3) is 3.39. The van der Waals surface area contributed by atoms with Gasteiger partial charge in [0.25, 0.3) is 5.91 Å². The van der Waals surface area contributed by atoms with Crippen LogP contribution in [0.1, 0.15) is 26.5 Å². The number of hydrogen-bond acceptors (Lipinski definition) is 5. The Bertz CT molecular complexity index is 667. The molecule has 0 aliphatic rings. The van der Waals surface area contributed by atoms with Crippen LogP contribution in [0.2, 0.25) is 0 Å². The van der Waals surface area contributed by atoms with Gasteiger partial charge in [0.05, 0.1) is 6.42 Å². The van der Waals surface area contributed by atoms with Crippen molar-refractivity contribution in [1.29, 1.82) is 0 Å². The number of amides is 1. The molecule has 0 radical (unpaired) electrons. The van der Waals surface area contributed by atoms with Crippen molar-refractivity contribution >= 4 is 28.3 Å². The fourth-order valence-corrected chi connectivity index (χ4v) is 2.28. The van der Waals surface area contributed by atoms with Gasteiger partial charge in [0.15, 0.2) is 0 Å². The summed E-state index contributed by atoms with van der Waals surface area (Å²) in [5, 5.41) is 19.4. The highest BCUT2D eigenvalue weighted by molar-refractivity contribution is 7.15. The average molecular weight is 291 g/mol. The van der Waals surface area contributed by atoms with Crippen LogP contribution < -0.4 is 5.32 Å². The number of nitrogens with one attached hydrogen (secondary N) is 1. The number of carbonyl (C=O) groups excluding carboxylic acids is 1. The molecule has 1 aromatic heterocycles. The Morgan fingerprint density at radius 2 is 2.00 bits per heavy atom. The van der Waals surface area contributed by atoms with E-state index >= 15 is 0 Å². The van der Waals surface area contributed by atoms with E-state index in [1.165, 1.54) is 0 Å². The zero-order chi connectivity index (χ0) is 14.7. The molecular weight excluding hydrogens is 278 g/mol. The van der Waals surface area contributed by atoms with E-state index < -0.39 is 5.97 Å². The predicted octanol–water partition coefficient (Wildman–Crippen LogP) is 2.03. The maximum atomic E-state index is 12.0. The highest BCUT2D eigenvalue weighted by Crippen LogP contribution is 2.17. The van der Waals surface area contributed by atoms with Gasteiger partial charge in [0.2, 0.25) is 5.13 Å². The standard InChI is InChI=1S/C13H13N3O3S/c1-7-3-4-9(5-8(7)2)12(19)14-13-16-15-10(20-13)6-11(17)18/h3-5H,6H2,1-2H3,(H,17,18)(H,14,16,19). The molecule has 0 unspecified atom stereocenters. The van der Waals surface area contributed by atoms with Crippen molar-refractivity contribution in [3.8, 4) is 0 Å². The van der Waals surface area contributed by atoms with Crippen molar-refractivity contribution in [3.63, 3.8) is 0 Å². The lowest BCUT2D eigenvalue weighted by Gasteiger charge is -2.04. The summed E-state index contributed by atoms with van der Waals surface area (Å²) in [6.45, 7) is 3.90. The normalized spacial score (nSPS) is 10.3. The first-order valence-electron chi connectivity index (χ1n) is 5.88. The number of carboxylic acids is 1. The van der Waals surface area contributed by atoms with Crippen LogP contribution in [-0.4, -0.2) is 27.2 Å². The summed E-state index contributed by atoms with van der Waals surface area (Å²) in [7, 11) is 0. The van der Waals surface area contributed by atoms with E-state index in [-0.39, 0.29) is 12.3 Å². The van der Waals surface area contributed by atoms with Gasteiger partial charge in [-0.05, 0) is 37.1 Å².